The molecule has 1 heterocycles. The molecule has 1 nitrogen and oxygen atoms in total. The van der Waals surface area contributed by atoms with E-state index in [4.69, 9.17) is 0 Å². The maximum absolute atomic E-state index is 2.42. The number of hydrogen-bond acceptors (Lipinski definition) is 0. The highest BCUT2D eigenvalue weighted by Gasteiger charge is 2.18. The first-order valence-electron chi connectivity index (χ1n) is 11.1. The Bertz CT molecular complexity index is 1540. The van der Waals surface area contributed by atoms with Crippen molar-refractivity contribution < 1.29 is 0 Å². The zero-order valence-corrected chi connectivity index (χ0v) is 18.0. The minimum absolute atomic E-state index is 1.18. The van der Waals surface area contributed by atoms with Crippen molar-refractivity contribution in [1.29, 1.82) is 0 Å². The average Bonchev–Trinajstić information content (AvgIpc) is 3.20. The number of aromatic nitrogens is 1. The fourth-order valence-corrected chi connectivity index (χ4v) is 4.79. The van der Waals surface area contributed by atoms with Crippen LogP contribution in [0.15, 0.2) is 121 Å². The van der Waals surface area contributed by atoms with E-state index in [1.54, 1.807) is 0 Å². The van der Waals surface area contributed by atoms with E-state index in [0.29, 0.717) is 0 Å². The average molecular weight is 410 g/mol. The number of rotatable bonds is 3. The molecule has 0 spiro atoms. The predicted molar refractivity (Wildman–Crippen MR) is 136 cm³/mol. The lowest BCUT2D eigenvalue weighted by atomic mass is 9.97. The van der Waals surface area contributed by atoms with Gasteiger partial charge in [-0.05, 0) is 41.8 Å². The first-order chi connectivity index (χ1) is 15.8. The Morgan fingerprint density at radius 3 is 1.88 bits per heavy atom. The number of nitrogens with zero attached hydrogens (tertiary/aromatic N) is 1. The van der Waals surface area contributed by atoms with Crippen LogP contribution in [0.4, 0.5) is 0 Å². The molecule has 0 aliphatic carbocycles. The molecule has 6 rings (SSSR count). The molecule has 0 aliphatic rings. The van der Waals surface area contributed by atoms with E-state index in [1.807, 2.05) is 0 Å². The van der Waals surface area contributed by atoms with Crippen molar-refractivity contribution in [2.45, 2.75) is 6.92 Å². The van der Waals surface area contributed by atoms with Gasteiger partial charge in [0.1, 0.15) is 0 Å². The van der Waals surface area contributed by atoms with Crippen LogP contribution in [0.3, 0.4) is 0 Å². The van der Waals surface area contributed by atoms with Crippen LogP contribution < -0.4 is 0 Å². The van der Waals surface area contributed by atoms with Gasteiger partial charge in [0, 0.05) is 22.0 Å². The van der Waals surface area contributed by atoms with E-state index in [1.165, 1.54) is 55.3 Å². The van der Waals surface area contributed by atoms with Gasteiger partial charge in [0.05, 0.1) is 11.0 Å². The first kappa shape index (κ1) is 18.7. The molecule has 0 saturated carbocycles. The largest absolute Gasteiger partial charge is 0.309 e. The number of aryl methyl sites for hydroxylation is 1. The highest BCUT2D eigenvalue weighted by Crippen LogP contribution is 2.42. The molecule has 0 bridgehead atoms. The first-order valence-corrected chi connectivity index (χ1v) is 11.1. The third-order valence-electron chi connectivity index (χ3n) is 6.27. The molecular weight excluding hydrogens is 386 g/mol. The summed E-state index contributed by atoms with van der Waals surface area (Å²) in [4.78, 5) is 0. The summed E-state index contributed by atoms with van der Waals surface area (Å²) in [6.45, 7) is 2.14. The Balaban J connectivity index is 1.79. The molecule has 6 aromatic rings. The van der Waals surface area contributed by atoms with Crippen LogP contribution in [0.1, 0.15) is 5.56 Å². The zero-order chi connectivity index (χ0) is 21.5. The van der Waals surface area contributed by atoms with Gasteiger partial charge in [-0.15, -0.1) is 0 Å². The minimum atomic E-state index is 1.18. The second-order valence-corrected chi connectivity index (χ2v) is 8.30. The highest BCUT2D eigenvalue weighted by atomic mass is 15.0. The topological polar surface area (TPSA) is 4.93 Å². The lowest BCUT2D eigenvalue weighted by Crippen LogP contribution is -1.95. The van der Waals surface area contributed by atoms with Crippen molar-refractivity contribution in [2.75, 3.05) is 0 Å². The van der Waals surface area contributed by atoms with E-state index in [-0.39, 0.29) is 0 Å². The summed E-state index contributed by atoms with van der Waals surface area (Å²) < 4.78 is 2.42. The third-order valence-corrected chi connectivity index (χ3v) is 6.27. The van der Waals surface area contributed by atoms with Gasteiger partial charge in [0.25, 0.3) is 0 Å². The molecule has 0 radical (unpaired) electrons. The van der Waals surface area contributed by atoms with Gasteiger partial charge in [0.15, 0.2) is 0 Å². The van der Waals surface area contributed by atoms with Crippen LogP contribution in [0.5, 0.6) is 0 Å². The van der Waals surface area contributed by atoms with Gasteiger partial charge >= 0.3 is 0 Å². The summed E-state index contributed by atoms with van der Waals surface area (Å²) in [5, 5.41) is 2.58. The van der Waals surface area contributed by atoms with Crippen molar-refractivity contribution in [2.24, 2.45) is 0 Å². The monoisotopic (exact) mass is 409 g/mol. The fourth-order valence-electron chi connectivity index (χ4n) is 4.79. The summed E-state index contributed by atoms with van der Waals surface area (Å²) in [6.07, 6.45) is 0. The fraction of sp³-hybridized carbons (Fsp3) is 0.0323. The predicted octanol–water partition coefficient (Wildman–Crippen LogP) is 8.43. The normalized spacial score (nSPS) is 11.3. The van der Waals surface area contributed by atoms with Crippen molar-refractivity contribution >= 4 is 21.8 Å². The van der Waals surface area contributed by atoms with E-state index in [2.05, 4.69) is 133 Å². The lowest BCUT2D eigenvalue weighted by molar-refractivity contribution is 1.18. The molecular formula is C31H23N. The molecule has 0 atom stereocenters. The van der Waals surface area contributed by atoms with Gasteiger partial charge in [-0.1, -0.05) is 109 Å². The van der Waals surface area contributed by atoms with E-state index in [9.17, 15) is 0 Å². The second kappa shape index (κ2) is 7.55. The summed E-state index contributed by atoms with van der Waals surface area (Å²) in [5.41, 5.74) is 9.93. The molecule has 1 aromatic heterocycles. The SMILES string of the molecule is Cc1ccc(-c2cccc3c2c2cccc(-c4ccccc4)c2n3-c2ccccc2)cc1. The van der Waals surface area contributed by atoms with Crippen molar-refractivity contribution in [3.05, 3.63) is 127 Å². The van der Waals surface area contributed by atoms with E-state index >= 15 is 0 Å². The van der Waals surface area contributed by atoms with Crippen LogP contribution >= 0.6 is 0 Å². The standard InChI is InChI=1S/C31H23N/c1-22-18-20-24(21-19-22)26-14-9-17-29-30(26)28-16-8-15-27(23-10-4-2-5-11-23)31(28)32(29)25-12-6-3-7-13-25/h2-21H,1H3. The Morgan fingerprint density at radius 1 is 0.500 bits per heavy atom. The van der Waals surface area contributed by atoms with Crippen LogP contribution in [-0.2, 0) is 0 Å². The Morgan fingerprint density at radius 2 is 1.12 bits per heavy atom. The molecule has 0 aliphatic heterocycles. The summed E-state index contributed by atoms with van der Waals surface area (Å²) in [7, 11) is 0. The summed E-state index contributed by atoms with van der Waals surface area (Å²) in [6, 6.07) is 43.6. The van der Waals surface area contributed by atoms with Crippen molar-refractivity contribution in [3.8, 4) is 27.9 Å². The maximum atomic E-state index is 2.42. The number of benzene rings is 5. The van der Waals surface area contributed by atoms with E-state index in [0.717, 1.165) is 0 Å². The van der Waals surface area contributed by atoms with Crippen LogP contribution in [0.25, 0.3) is 49.7 Å². The molecule has 0 saturated heterocycles. The Labute approximate surface area is 188 Å². The van der Waals surface area contributed by atoms with Gasteiger partial charge in [-0.2, -0.15) is 0 Å². The van der Waals surface area contributed by atoms with Crippen molar-refractivity contribution in [3.63, 3.8) is 0 Å². The zero-order valence-electron chi connectivity index (χ0n) is 18.0. The molecule has 1 heteroatoms. The molecule has 0 fully saturated rings. The van der Waals surface area contributed by atoms with Crippen molar-refractivity contribution in [1.82, 2.24) is 4.57 Å². The second-order valence-electron chi connectivity index (χ2n) is 8.30. The van der Waals surface area contributed by atoms with Gasteiger partial charge in [-0.25, -0.2) is 0 Å². The molecule has 5 aromatic carbocycles. The molecule has 32 heavy (non-hydrogen) atoms. The van der Waals surface area contributed by atoms with Crippen LogP contribution in [0, 0.1) is 6.92 Å². The smallest absolute Gasteiger partial charge is 0.0619 e. The van der Waals surface area contributed by atoms with Gasteiger partial charge < -0.3 is 4.57 Å². The summed E-state index contributed by atoms with van der Waals surface area (Å²) in [5.74, 6) is 0. The quantitative estimate of drug-likeness (QED) is 0.276. The lowest BCUT2D eigenvalue weighted by Gasteiger charge is -2.11. The molecule has 0 N–H and O–H groups in total. The minimum Gasteiger partial charge on any atom is -0.309 e. The Hall–Kier alpha value is -4.10. The van der Waals surface area contributed by atoms with Crippen LogP contribution in [0.2, 0.25) is 0 Å². The highest BCUT2D eigenvalue weighted by molar-refractivity contribution is 6.18. The third kappa shape index (κ3) is 2.94. The van der Waals surface area contributed by atoms with Gasteiger partial charge in [-0.3, -0.25) is 0 Å². The number of hydrogen-bond donors (Lipinski definition) is 0. The summed E-state index contributed by atoms with van der Waals surface area (Å²) >= 11 is 0. The van der Waals surface area contributed by atoms with Gasteiger partial charge in [0.2, 0.25) is 0 Å². The number of para-hydroxylation sites is 2. The molecule has 0 unspecified atom stereocenters. The maximum Gasteiger partial charge on any atom is 0.0619 e. The molecule has 0 amide bonds. The number of fused-ring (bicyclic) bond motifs is 3. The molecule has 152 valence electrons. The van der Waals surface area contributed by atoms with E-state index < -0.39 is 0 Å². The van der Waals surface area contributed by atoms with Crippen LogP contribution in [-0.4, -0.2) is 4.57 Å². The Kier molecular flexibility index (Phi) is 4.40.